The van der Waals surface area contributed by atoms with Crippen molar-refractivity contribution in [2.75, 3.05) is 12.4 Å². The van der Waals surface area contributed by atoms with Gasteiger partial charge in [0, 0.05) is 35.4 Å². The monoisotopic (exact) mass is 493 g/mol. The molecule has 0 spiro atoms. The number of rotatable bonds is 6. The number of nitro groups is 1. The third-order valence-corrected chi connectivity index (χ3v) is 4.97. The summed E-state index contributed by atoms with van der Waals surface area (Å²) in [6.45, 7) is 0.570. The van der Waals surface area contributed by atoms with E-state index in [1.54, 1.807) is 25.3 Å². The highest BCUT2D eigenvalue weighted by molar-refractivity contribution is 6.06. The number of nitrogens with one attached hydrogen (secondary N) is 1. The lowest BCUT2D eigenvalue weighted by Crippen LogP contribution is -3.00. The fourth-order valence-electron chi connectivity index (χ4n) is 3.28. The quantitative estimate of drug-likeness (QED) is 0.249. The van der Waals surface area contributed by atoms with Crippen LogP contribution in [0.15, 0.2) is 85.2 Å². The number of anilines is 1. The number of methoxy groups -OCH3 is 1. The molecule has 1 amide bonds. The topological polar surface area (TPSA) is 85.3 Å². The summed E-state index contributed by atoms with van der Waals surface area (Å²) in [5.74, 6) is 0.585. The molecule has 32 heavy (non-hydrogen) atoms. The number of non-ortho nitro benzene ring substituents is 1. The molecule has 0 radical (unpaired) electrons. The Morgan fingerprint density at radius 1 is 0.969 bits per heavy atom. The minimum absolute atomic E-state index is 0. The molecule has 0 atom stereocenters. The Hall–Kier alpha value is -3.78. The van der Waals surface area contributed by atoms with Crippen molar-refractivity contribution in [3.8, 4) is 5.75 Å². The van der Waals surface area contributed by atoms with E-state index in [4.69, 9.17) is 4.74 Å². The first-order chi connectivity index (χ1) is 15.0. The van der Waals surface area contributed by atoms with Crippen LogP contribution in [-0.2, 0) is 6.54 Å². The van der Waals surface area contributed by atoms with Gasteiger partial charge in [0.05, 0.1) is 17.7 Å². The van der Waals surface area contributed by atoms with E-state index in [1.165, 1.54) is 12.1 Å². The van der Waals surface area contributed by atoms with Crippen molar-refractivity contribution in [1.29, 1.82) is 0 Å². The third kappa shape index (κ3) is 5.28. The van der Waals surface area contributed by atoms with Crippen LogP contribution in [0.25, 0.3) is 10.8 Å². The van der Waals surface area contributed by atoms with Gasteiger partial charge in [-0.2, -0.15) is 0 Å². The number of carbonyl (C=O) groups excluding carboxylic acids is 1. The Morgan fingerprint density at radius 3 is 2.28 bits per heavy atom. The van der Waals surface area contributed by atoms with Crippen LogP contribution < -0.4 is 31.6 Å². The normalized spacial score (nSPS) is 10.3. The third-order valence-electron chi connectivity index (χ3n) is 4.97. The molecule has 3 aromatic carbocycles. The molecule has 4 aromatic rings. The number of halogens is 1. The summed E-state index contributed by atoms with van der Waals surface area (Å²) in [4.78, 5) is 23.0. The first-order valence-corrected chi connectivity index (χ1v) is 9.63. The van der Waals surface area contributed by atoms with Crippen molar-refractivity contribution in [2.45, 2.75) is 6.54 Å². The minimum Gasteiger partial charge on any atom is -1.00 e. The maximum absolute atomic E-state index is 12.6. The van der Waals surface area contributed by atoms with Crippen LogP contribution in [0.1, 0.15) is 15.9 Å². The fourth-order valence-corrected chi connectivity index (χ4v) is 3.28. The van der Waals surface area contributed by atoms with Gasteiger partial charge in [0.1, 0.15) is 5.75 Å². The Labute approximate surface area is 195 Å². The summed E-state index contributed by atoms with van der Waals surface area (Å²) in [7, 11) is 1.62. The lowest BCUT2D eigenvalue weighted by atomic mass is 10.1. The average Bonchev–Trinajstić information content (AvgIpc) is 2.80. The smallest absolute Gasteiger partial charge is 0.269 e. The minimum atomic E-state index is -0.416. The van der Waals surface area contributed by atoms with E-state index in [9.17, 15) is 14.9 Å². The van der Waals surface area contributed by atoms with E-state index >= 15 is 0 Å². The van der Waals surface area contributed by atoms with Gasteiger partial charge in [-0.3, -0.25) is 14.9 Å². The van der Waals surface area contributed by atoms with Crippen molar-refractivity contribution in [2.24, 2.45) is 0 Å². The molecule has 1 aromatic heterocycles. The maximum atomic E-state index is 12.6. The number of nitrogens with zero attached hydrogens (tertiary/aromatic N) is 2. The predicted molar refractivity (Wildman–Crippen MR) is 117 cm³/mol. The molecule has 1 N–H and O–H groups in total. The molecular formula is C24H20BrN3O4. The molecule has 0 saturated carbocycles. The maximum Gasteiger partial charge on any atom is 0.269 e. The molecule has 0 unspecified atom stereocenters. The Bertz CT molecular complexity index is 1260. The lowest BCUT2D eigenvalue weighted by molar-refractivity contribution is -0.688. The van der Waals surface area contributed by atoms with Crippen molar-refractivity contribution < 1.29 is 36.0 Å². The van der Waals surface area contributed by atoms with Crippen LogP contribution in [-0.4, -0.2) is 17.9 Å². The van der Waals surface area contributed by atoms with Crippen LogP contribution in [0.5, 0.6) is 5.75 Å². The number of ether oxygens (including phenoxy) is 1. The van der Waals surface area contributed by atoms with Crippen LogP contribution in [0.3, 0.4) is 0 Å². The number of amides is 1. The van der Waals surface area contributed by atoms with Crippen molar-refractivity contribution in [3.63, 3.8) is 0 Å². The fraction of sp³-hybridized carbons (Fsp3) is 0.0833. The molecule has 0 aliphatic rings. The Balaban J connectivity index is 0.00000289. The zero-order valence-electron chi connectivity index (χ0n) is 17.2. The largest absolute Gasteiger partial charge is 1.00 e. The van der Waals surface area contributed by atoms with Gasteiger partial charge in [-0.25, -0.2) is 4.57 Å². The second-order valence-corrected chi connectivity index (χ2v) is 7.06. The molecule has 0 aliphatic heterocycles. The molecule has 0 fully saturated rings. The SMILES string of the molecule is COc1ccc2cc(C(=O)Nc3cc[n+](Cc4ccc([N+](=O)[O-])cc4)cc3)ccc2c1.[Br-]. The van der Waals surface area contributed by atoms with Crippen molar-refractivity contribution >= 4 is 28.1 Å². The van der Waals surface area contributed by atoms with E-state index < -0.39 is 4.92 Å². The van der Waals surface area contributed by atoms with Crippen LogP contribution in [0.2, 0.25) is 0 Å². The van der Waals surface area contributed by atoms with E-state index in [0.29, 0.717) is 17.8 Å². The van der Waals surface area contributed by atoms with Gasteiger partial charge >= 0.3 is 0 Å². The van der Waals surface area contributed by atoms with Crippen molar-refractivity contribution in [3.05, 3.63) is 106 Å². The number of aromatic nitrogens is 1. The molecule has 0 saturated heterocycles. The number of benzene rings is 3. The lowest BCUT2D eigenvalue weighted by Gasteiger charge is -2.07. The van der Waals surface area contributed by atoms with Gasteiger partial charge in [0.15, 0.2) is 18.9 Å². The molecule has 0 bridgehead atoms. The molecule has 0 aliphatic carbocycles. The Kier molecular flexibility index (Phi) is 7.17. The summed E-state index contributed by atoms with van der Waals surface area (Å²) in [6.07, 6.45) is 3.70. The molecule has 8 heteroatoms. The number of nitro benzene ring substituents is 1. The van der Waals surface area contributed by atoms with Gasteiger partial charge in [-0.15, -0.1) is 0 Å². The summed E-state index contributed by atoms with van der Waals surface area (Å²) in [5.41, 5.74) is 2.26. The van der Waals surface area contributed by atoms with Gasteiger partial charge in [-0.1, -0.05) is 12.1 Å². The molecule has 162 valence electrons. The number of fused-ring (bicyclic) bond motifs is 1. The highest BCUT2D eigenvalue weighted by Crippen LogP contribution is 2.22. The van der Waals surface area contributed by atoms with Crippen LogP contribution in [0.4, 0.5) is 11.4 Å². The first kappa shape index (κ1) is 22.9. The van der Waals surface area contributed by atoms with Gasteiger partial charge in [0.25, 0.3) is 11.6 Å². The Morgan fingerprint density at radius 2 is 1.62 bits per heavy atom. The van der Waals surface area contributed by atoms with Gasteiger partial charge in [-0.05, 0) is 47.2 Å². The van der Waals surface area contributed by atoms with Crippen LogP contribution >= 0.6 is 0 Å². The summed E-state index contributed by atoms with van der Waals surface area (Å²) >= 11 is 0. The summed E-state index contributed by atoms with van der Waals surface area (Å²) < 4.78 is 7.16. The molecule has 7 nitrogen and oxygen atoms in total. The standard InChI is InChI=1S/C24H19N3O4.BrH/c1-31-23-9-6-18-14-20(5-4-19(18)15-23)24(28)25-21-10-12-26(13-11-21)16-17-2-7-22(8-3-17)27(29)30;/h2-15H,16H2,1H3;1H. The zero-order chi connectivity index (χ0) is 21.8. The van der Waals surface area contributed by atoms with Crippen molar-refractivity contribution in [1.82, 2.24) is 0 Å². The molecule has 4 rings (SSSR count). The molecule has 1 heterocycles. The number of hydrogen-bond acceptors (Lipinski definition) is 4. The van der Waals surface area contributed by atoms with E-state index in [-0.39, 0.29) is 28.6 Å². The average molecular weight is 494 g/mol. The highest BCUT2D eigenvalue weighted by atomic mass is 79.9. The number of carbonyl (C=O) groups is 1. The van der Waals surface area contributed by atoms with E-state index in [0.717, 1.165) is 22.1 Å². The van der Waals surface area contributed by atoms with E-state index in [1.807, 2.05) is 59.4 Å². The second-order valence-electron chi connectivity index (χ2n) is 7.06. The predicted octanol–water partition coefficient (Wildman–Crippen LogP) is 1.35. The van der Waals surface area contributed by atoms with Gasteiger partial charge < -0.3 is 27.0 Å². The second kappa shape index (κ2) is 10.0. The van der Waals surface area contributed by atoms with Gasteiger partial charge in [0.2, 0.25) is 0 Å². The number of pyridine rings is 1. The summed E-state index contributed by atoms with van der Waals surface area (Å²) in [6, 6.07) is 21.3. The highest BCUT2D eigenvalue weighted by Gasteiger charge is 2.10. The first-order valence-electron chi connectivity index (χ1n) is 9.63. The molecular weight excluding hydrogens is 474 g/mol. The van der Waals surface area contributed by atoms with Crippen LogP contribution in [0, 0.1) is 10.1 Å². The number of hydrogen-bond donors (Lipinski definition) is 1. The zero-order valence-corrected chi connectivity index (χ0v) is 18.8. The summed E-state index contributed by atoms with van der Waals surface area (Å²) in [5, 5.41) is 15.6. The van der Waals surface area contributed by atoms with E-state index in [2.05, 4.69) is 5.32 Å².